The average molecular weight is 351 g/mol. The summed E-state index contributed by atoms with van der Waals surface area (Å²) in [6.45, 7) is 1.97. The molecule has 0 aliphatic rings. The first-order chi connectivity index (χ1) is 10.1. The molecule has 0 saturated heterocycles. The van der Waals surface area contributed by atoms with Gasteiger partial charge in [0.1, 0.15) is 5.75 Å². The second-order valence-electron chi connectivity index (χ2n) is 4.35. The molecule has 0 aliphatic carbocycles. The van der Waals surface area contributed by atoms with E-state index in [4.69, 9.17) is 20.4 Å². The minimum Gasteiger partial charge on any atom is -0.493 e. The summed E-state index contributed by atoms with van der Waals surface area (Å²) in [5.74, 6) is 1.58. The number of nitrogens with two attached hydrogens (primary N) is 1. The van der Waals surface area contributed by atoms with E-state index in [9.17, 15) is 0 Å². The molecule has 0 heterocycles. The summed E-state index contributed by atoms with van der Waals surface area (Å²) in [6.07, 6.45) is 0. The van der Waals surface area contributed by atoms with E-state index < -0.39 is 0 Å². The molecule has 21 heavy (non-hydrogen) atoms. The largest absolute Gasteiger partial charge is 0.493 e. The van der Waals surface area contributed by atoms with Crippen molar-refractivity contribution in [2.24, 2.45) is 10.9 Å². The van der Waals surface area contributed by atoms with Gasteiger partial charge in [-0.15, -0.1) is 0 Å². The van der Waals surface area contributed by atoms with Gasteiger partial charge in [0, 0.05) is 4.47 Å². The van der Waals surface area contributed by atoms with Crippen LogP contribution in [0.4, 0.5) is 0 Å². The number of halogens is 1. The van der Waals surface area contributed by atoms with Gasteiger partial charge in [-0.25, -0.2) is 0 Å². The fraction of sp³-hybridized carbons (Fsp3) is 0.133. The first-order valence-electron chi connectivity index (χ1n) is 6.15. The molecule has 110 valence electrons. The number of rotatable bonds is 4. The van der Waals surface area contributed by atoms with Crippen LogP contribution in [0.2, 0.25) is 0 Å². The SMILES string of the molecule is COc1cc(C)ccc1Oc1cccc(Br)c1/C(N)=N/O. The molecule has 0 amide bonds. The van der Waals surface area contributed by atoms with Crippen molar-refractivity contribution >= 4 is 21.8 Å². The number of hydrogen-bond donors (Lipinski definition) is 2. The standard InChI is InChI=1S/C15H15BrN2O3/c1-9-6-7-11(13(8-9)20-2)21-12-5-3-4-10(16)14(12)15(17)18-19/h3-8,19H,1-2H3,(H2,17,18). The van der Waals surface area contributed by atoms with E-state index >= 15 is 0 Å². The zero-order chi connectivity index (χ0) is 15.4. The van der Waals surface area contributed by atoms with Gasteiger partial charge in [-0.2, -0.15) is 0 Å². The molecule has 0 bridgehead atoms. The fourth-order valence-electron chi connectivity index (χ4n) is 1.87. The Labute approximate surface area is 131 Å². The number of ether oxygens (including phenoxy) is 2. The minimum atomic E-state index is -0.0384. The molecule has 2 aromatic carbocycles. The molecule has 0 spiro atoms. The Balaban J connectivity index is 2.48. The van der Waals surface area contributed by atoms with E-state index in [-0.39, 0.29) is 5.84 Å². The summed E-state index contributed by atoms with van der Waals surface area (Å²) in [5, 5.41) is 11.9. The van der Waals surface area contributed by atoms with Crippen LogP contribution in [0, 0.1) is 6.92 Å². The monoisotopic (exact) mass is 350 g/mol. The smallest absolute Gasteiger partial charge is 0.175 e. The number of amidine groups is 1. The van der Waals surface area contributed by atoms with Gasteiger partial charge < -0.3 is 20.4 Å². The molecular weight excluding hydrogens is 336 g/mol. The van der Waals surface area contributed by atoms with E-state index in [0.29, 0.717) is 27.3 Å². The molecule has 0 aromatic heterocycles. The van der Waals surface area contributed by atoms with Crippen LogP contribution in [0.5, 0.6) is 17.2 Å². The Kier molecular flexibility index (Phi) is 4.70. The van der Waals surface area contributed by atoms with Crippen LogP contribution in [0.15, 0.2) is 46.0 Å². The Morgan fingerprint density at radius 1 is 1.19 bits per heavy atom. The Morgan fingerprint density at radius 3 is 2.62 bits per heavy atom. The van der Waals surface area contributed by atoms with E-state index in [2.05, 4.69) is 21.1 Å². The minimum absolute atomic E-state index is 0.0384. The van der Waals surface area contributed by atoms with Gasteiger partial charge in [0.25, 0.3) is 0 Å². The van der Waals surface area contributed by atoms with Gasteiger partial charge in [-0.1, -0.05) is 17.3 Å². The van der Waals surface area contributed by atoms with Crippen molar-refractivity contribution in [3.8, 4) is 17.2 Å². The maximum absolute atomic E-state index is 8.90. The predicted octanol–water partition coefficient (Wildman–Crippen LogP) is 3.65. The fourth-order valence-corrected chi connectivity index (χ4v) is 2.42. The van der Waals surface area contributed by atoms with Crippen LogP contribution in [0.25, 0.3) is 0 Å². The van der Waals surface area contributed by atoms with Crippen LogP contribution in [0.3, 0.4) is 0 Å². The Bertz CT molecular complexity index is 687. The molecule has 6 heteroatoms. The van der Waals surface area contributed by atoms with E-state index in [1.165, 1.54) is 0 Å². The topological polar surface area (TPSA) is 77.1 Å². The van der Waals surface area contributed by atoms with Crippen molar-refractivity contribution in [1.29, 1.82) is 0 Å². The van der Waals surface area contributed by atoms with Crippen molar-refractivity contribution in [1.82, 2.24) is 0 Å². The lowest BCUT2D eigenvalue weighted by Crippen LogP contribution is -2.15. The lowest BCUT2D eigenvalue weighted by Gasteiger charge is -2.14. The van der Waals surface area contributed by atoms with Gasteiger partial charge in [0.15, 0.2) is 17.3 Å². The van der Waals surface area contributed by atoms with Gasteiger partial charge in [-0.3, -0.25) is 0 Å². The average Bonchev–Trinajstić information content (AvgIpc) is 2.48. The number of oxime groups is 1. The third-order valence-electron chi connectivity index (χ3n) is 2.88. The van der Waals surface area contributed by atoms with E-state index in [1.807, 2.05) is 25.1 Å². The van der Waals surface area contributed by atoms with E-state index in [0.717, 1.165) is 5.56 Å². The number of methoxy groups -OCH3 is 1. The lowest BCUT2D eigenvalue weighted by atomic mass is 10.2. The lowest BCUT2D eigenvalue weighted by molar-refractivity contribution is 0.318. The molecule has 0 radical (unpaired) electrons. The van der Waals surface area contributed by atoms with Gasteiger partial charge in [-0.05, 0) is 52.7 Å². The summed E-state index contributed by atoms with van der Waals surface area (Å²) in [6, 6.07) is 10.9. The molecular formula is C15H15BrN2O3. The molecule has 0 saturated carbocycles. The summed E-state index contributed by atoms with van der Waals surface area (Å²) < 4.78 is 11.8. The summed E-state index contributed by atoms with van der Waals surface area (Å²) in [7, 11) is 1.58. The highest BCUT2D eigenvalue weighted by Crippen LogP contribution is 2.35. The highest BCUT2D eigenvalue weighted by Gasteiger charge is 2.15. The molecule has 5 nitrogen and oxygen atoms in total. The Hall–Kier alpha value is -2.21. The molecule has 3 N–H and O–H groups in total. The zero-order valence-electron chi connectivity index (χ0n) is 11.6. The predicted molar refractivity (Wildman–Crippen MR) is 84.5 cm³/mol. The second-order valence-corrected chi connectivity index (χ2v) is 5.21. The highest BCUT2D eigenvalue weighted by atomic mass is 79.9. The van der Waals surface area contributed by atoms with Crippen molar-refractivity contribution in [2.75, 3.05) is 7.11 Å². The summed E-state index contributed by atoms with van der Waals surface area (Å²) in [4.78, 5) is 0. The van der Waals surface area contributed by atoms with Gasteiger partial charge >= 0.3 is 0 Å². The maximum Gasteiger partial charge on any atom is 0.175 e. The molecule has 0 fully saturated rings. The van der Waals surface area contributed by atoms with Gasteiger partial charge in [0.05, 0.1) is 12.7 Å². The number of benzene rings is 2. The first-order valence-corrected chi connectivity index (χ1v) is 6.95. The number of hydrogen-bond acceptors (Lipinski definition) is 4. The van der Waals surface area contributed by atoms with Crippen LogP contribution in [0.1, 0.15) is 11.1 Å². The zero-order valence-corrected chi connectivity index (χ0v) is 13.2. The quantitative estimate of drug-likeness (QED) is 0.382. The molecule has 0 aliphatic heterocycles. The molecule has 2 aromatic rings. The second kappa shape index (κ2) is 6.49. The molecule has 0 atom stereocenters. The first kappa shape index (κ1) is 15.2. The van der Waals surface area contributed by atoms with Crippen molar-refractivity contribution in [3.05, 3.63) is 52.0 Å². The van der Waals surface area contributed by atoms with Crippen LogP contribution >= 0.6 is 15.9 Å². The van der Waals surface area contributed by atoms with Crippen LogP contribution in [-0.2, 0) is 0 Å². The van der Waals surface area contributed by atoms with Crippen LogP contribution in [-0.4, -0.2) is 18.2 Å². The van der Waals surface area contributed by atoms with Crippen molar-refractivity contribution < 1.29 is 14.7 Å². The normalized spacial score (nSPS) is 11.3. The molecule has 0 unspecified atom stereocenters. The Morgan fingerprint density at radius 2 is 1.95 bits per heavy atom. The number of nitrogens with zero attached hydrogens (tertiary/aromatic N) is 1. The third-order valence-corrected chi connectivity index (χ3v) is 3.54. The number of aryl methyl sites for hydroxylation is 1. The van der Waals surface area contributed by atoms with Crippen molar-refractivity contribution in [2.45, 2.75) is 6.92 Å². The van der Waals surface area contributed by atoms with Gasteiger partial charge in [0.2, 0.25) is 0 Å². The molecule has 2 rings (SSSR count). The van der Waals surface area contributed by atoms with E-state index in [1.54, 1.807) is 25.3 Å². The summed E-state index contributed by atoms with van der Waals surface area (Å²) in [5.41, 5.74) is 7.24. The summed E-state index contributed by atoms with van der Waals surface area (Å²) >= 11 is 3.37. The third kappa shape index (κ3) is 3.28. The van der Waals surface area contributed by atoms with Crippen LogP contribution < -0.4 is 15.2 Å². The highest BCUT2D eigenvalue weighted by molar-refractivity contribution is 9.10. The van der Waals surface area contributed by atoms with Crippen molar-refractivity contribution in [3.63, 3.8) is 0 Å². The maximum atomic E-state index is 8.90.